The Labute approximate surface area is 117 Å². The monoisotopic (exact) mass is 278 g/mol. The highest BCUT2D eigenvalue weighted by molar-refractivity contribution is 6.29. The maximum atomic E-state index is 5.92. The summed E-state index contributed by atoms with van der Waals surface area (Å²) in [6.45, 7) is 1.08. The highest BCUT2D eigenvalue weighted by Crippen LogP contribution is 2.12. The average Bonchev–Trinajstić information content (AvgIpc) is 2.40. The molecule has 2 aromatic heterocycles. The highest BCUT2D eigenvalue weighted by Gasteiger charge is 2.03. The van der Waals surface area contributed by atoms with Gasteiger partial charge in [0.1, 0.15) is 17.6 Å². The predicted octanol–water partition coefficient (Wildman–Crippen LogP) is 2.33. The van der Waals surface area contributed by atoms with E-state index in [-0.39, 0.29) is 0 Å². The van der Waals surface area contributed by atoms with E-state index < -0.39 is 0 Å². The molecule has 0 saturated carbocycles. The third kappa shape index (κ3) is 4.46. The molecule has 6 heteroatoms. The normalized spacial score (nSPS) is 10.4. The lowest BCUT2D eigenvalue weighted by molar-refractivity contribution is 0.178. The maximum absolute atomic E-state index is 5.92. The summed E-state index contributed by atoms with van der Waals surface area (Å²) in [6.07, 6.45) is 2.61. The SMILES string of the molecule is COCc1nc(Cl)cc(NCCc2ccccn2)n1. The first kappa shape index (κ1) is 13.7. The Bertz CT molecular complexity index is 521. The molecule has 100 valence electrons. The van der Waals surface area contributed by atoms with Crippen molar-refractivity contribution in [3.05, 3.63) is 47.1 Å². The largest absolute Gasteiger partial charge is 0.377 e. The summed E-state index contributed by atoms with van der Waals surface area (Å²) >= 11 is 5.92. The minimum Gasteiger partial charge on any atom is -0.377 e. The van der Waals surface area contributed by atoms with Crippen LogP contribution >= 0.6 is 11.6 Å². The van der Waals surface area contributed by atoms with Gasteiger partial charge in [0.05, 0.1) is 0 Å². The molecule has 0 fully saturated rings. The van der Waals surface area contributed by atoms with E-state index in [0.29, 0.717) is 23.4 Å². The molecule has 0 atom stereocenters. The van der Waals surface area contributed by atoms with Crippen molar-refractivity contribution in [1.82, 2.24) is 15.0 Å². The molecule has 2 heterocycles. The van der Waals surface area contributed by atoms with Crippen molar-refractivity contribution in [2.45, 2.75) is 13.0 Å². The zero-order valence-corrected chi connectivity index (χ0v) is 11.4. The molecule has 1 N–H and O–H groups in total. The van der Waals surface area contributed by atoms with E-state index >= 15 is 0 Å². The quantitative estimate of drug-likeness (QED) is 0.822. The lowest BCUT2D eigenvalue weighted by Crippen LogP contribution is -2.09. The molecule has 0 bridgehead atoms. The zero-order chi connectivity index (χ0) is 13.5. The number of halogens is 1. The average molecular weight is 279 g/mol. The van der Waals surface area contributed by atoms with Gasteiger partial charge in [-0.05, 0) is 12.1 Å². The molecule has 19 heavy (non-hydrogen) atoms. The number of anilines is 1. The number of nitrogens with one attached hydrogen (secondary N) is 1. The molecule has 0 aliphatic heterocycles. The van der Waals surface area contributed by atoms with Gasteiger partial charge >= 0.3 is 0 Å². The van der Waals surface area contributed by atoms with Crippen LogP contribution in [0.1, 0.15) is 11.5 Å². The fraction of sp³-hybridized carbons (Fsp3) is 0.308. The number of ether oxygens (including phenoxy) is 1. The molecule has 0 radical (unpaired) electrons. The van der Waals surface area contributed by atoms with Crippen molar-refractivity contribution < 1.29 is 4.74 Å². The van der Waals surface area contributed by atoms with Crippen molar-refractivity contribution >= 4 is 17.4 Å². The van der Waals surface area contributed by atoms with Gasteiger partial charge in [0.25, 0.3) is 0 Å². The Hall–Kier alpha value is -1.72. The number of hydrogen-bond acceptors (Lipinski definition) is 5. The van der Waals surface area contributed by atoms with Crippen molar-refractivity contribution in [2.75, 3.05) is 19.0 Å². The molecule has 0 unspecified atom stereocenters. The predicted molar refractivity (Wildman–Crippen MR) is 74.2 cm³/mol. The Balaban J connectivity index is 1.92. The number of hydrogen-bond donors (Lipinski definition) is 1. The second-order valence-electron chi connectivity index (χ2n) is 3.92. The third-order valence-corrected chi connectivity index (χ3v) is 2.62. The van der Waals surface area contributed by atoms with Gasteiger partial charge in [-0.25, -0.2) is 9.97 Å². The summed E-state index contributed by atoms with van der Waals surface area (Å²) in [6, 6.07) is 7.56. The van der Waals surface area contributed by atoms with Crippen LogP contribution in [0.2, 0.25) is 5.15 Å². The van der Waals surface area contributed by atoms with Crippen LogP contribution in [-0.4, -0.2) is 28.6 Å². The van der Waals surface area contributed by atoms with Gasteiger partial charge in [-0.1, -0.05) is 17.7 Å². The lowest BCUT2D eigenvalue weighted by atomic mass is 10.3. The van der Waals surface area contributed by atoms with Crippen molar-refractivity contribution in [2.24, 2.45) is 0 Å². The third-order valence-electron chi connectivity index (χ3n) is 2.43. The van der Waals surface area contributed by atoms with E-state index in [9.17, 15) is 0 Å². The first-order chi connectivity index (χ1) is 9.28. The zero-order valence-electron chi connectivity index (χ0n) is 10.6. The van der Waals surface area contributed by atoms with Crippen LogP contribution in [0.5, 0.6) is 0 Å². The molecule has 2 rings (SSSR count). The van der Waals surface area contributed by atoms with E-state index in [2.05, 4.69) is 20.3 Å². The summed E-state index contributed by atoms with van der Waals surface area (Å²) in [5.41, 5.74) is 1.03. The molecule has 2 aromatic rings. The number of rotatable bonds is 6. The van der Waals surface area contributed by atoms with Crippen LogP contribution in [0.25, 0.3) is 0 Å². The van der Waals surface area contributed by atoms with E-state index in [0.717, 1.165) is 18.7 Å². The summed E-state index contributed by atoms with van der Waals surface area (Å²) in [5, 5.41) is 3.61. The van der Waals surface area contributed by atoms with E-state index in [1.807, 2.05) is 18.2 Å². The van der Waals surface area contributed by atoms with Crippen molar-refractivity contribution in [1.29, 1.82) is 0 Å². The summed E-state index contributed by atoms with van der Waals surface area (Å²) < 4.78 is 4.99. The van der Waals surface area contributed by atoms with Crippen molar-refractivity contribution in [3.63, 3.8) is 0 Å². The minimum absolute atomic E-state index is 0.343. The summed E-state index contributed by atoms with van der Waals surface area (Å²) in [5.74, 6) is 1.26. The van der Waals surface area contributed by atoms with Crippen LogP contribution in [-0.2, 0) is 17.8 Å². The Kier molecular flexibility index (Phi) is 5.06. The van der Waals surface area contributed by atoms with Crippen LogP contribution in [0.15, 0.2) is 30.5 Å². The van der Waals surface area contributed by atoms with Crippen LogP contribution in [0.3, 0.4) is 0 Å². The molecule has 0 amide bonds. The molecular weight excluding hydrogens is 264 g/mol. The topological polar surface area (TPSA) is 59.9 Å². The van der Waals surface area contributed by atoms with Gasteiger partial charge in [-0.2, -0.15) is 0 Å². The van der Waals surface area contributed by atoms with Crippen LogP contribution in [0, 0.1) is 0 Å². The van der Waals surface area contributed by atoms with Crippen LogP contribution < -0.4 is 5.32 Å². The smallest absolute Gasteiger partial charge is 0.158 e. The van der Waals surface area contributed by atoms with E-state index in [1.54, 1.807) is 19.4 Å². The van der Waals surface area contributed by atoms with Gasteiger partial charge in [0, 0.05) is 38.0 Å². The Morgan fingerprint density at radius 1 is 1.32 bits per heavy atom. The van der Waals surface area contributed by atoms with E-state index in [4.69, 9.17) is 16.3 Å². The fourth-order valence-electron chi connectivity index (χ4n) is 1.61. The Morgan fingerprint density at radius 3 is 2.95 bits per heavy atom. The Morgan fingerprint density at radius 2 is 2.21 bits per heavy atom. The number of aromatic nitrogens is 3. The number of nitrogens with zero attached hydrogens (tertiary/aromatic N) is 3. The number of pyridine rings is 1. The fourth-order valence-corrected chi connectivity index (χ4v) is 1.81. The van der Waals surface area contributed by atoms with Gasteiger partial charge in [0.15, 0.2) is 5.82 Å². The molecule has 0 aliphatic rings. The first-order valence-electron chi connectivity index (χ1n) is 5.94. The van der Waals surface area contributed by atoms with E-state index in [1.165, 1.54) is 0 Å². The molecule has 0 aliphatic carbocycles. The lowest BCUT2D eigenvalue weighted by Gasteiger charge is -2.07. The molecule has 0 spiro atoms. The second-order valence-corrected chi connectivity index (χ2v) is 4.31. The molecule has 0 aromatic carbocycles. The van der Waals surface area contributed by atoms with Gasteiger partial charge in [-0.3, -0.25) is 4.98 Å². The summed E-state index contributed by atoms with van der Waals surface area (Å²) in [4.78, 5) is 12.6. The second kappa shape index (κ2) is 7.01. The highest BCUT2D eigenvalue weighted by atomic mass is 35.5. The standard InChI is InChI=1S/C13H15ClN4O/c1-19-9-13-17-11(14)8-12(18-13)16-7-5-10-4-2-3-6-15-10/h2-4,6,8H,5,7,9H2,1H3,(H,16,17,18). The minimum atomic E-state index is 0.343. The first-order valence-corrected chi connectivity index (χ1v) is 6.32. The maximum Gasteiger partial charge on any atom is 0.158 e. The molecule has 5 nitrogen and oxygen atoms in total. The summed E-state index contributed by atoms with van der Waals surface area (Å²) in [7, 11) is 1.60. The molecular formula is C13H15ClN4O. The number of methoxy groups -OCH3 is 1. The molecule has 0 saturated heterocycles. The van der Waals surface area contributed by atoms with Gasteiger partial charge < -0.3 is 10.1 Å². The van der Waals surface area contributed by atoms with Gasteiger partial charge in [-0.15, -0.1) is 0 Å². The van der Waals surface area contributed by atoms with Crippen LogP contribution in [0.4, 0.5) is 5.82 Å². The van der Waals surface area contributed by atoms with Crippen molar-refractivity contribution in [3.8, 4) is 0 Å². The van der Waals surface area contributed by atoms with Gasteiger partial charge in [0.2, 0.25) is 0 Å².